The zero-order valence-electron chi connectivity index (χ0n) is 26.3. The standard InChI is InChI=1S/C33H44N2O10/c1-16-13-17(2)33-20(14-25(41-5)30(39)44-26(16)19(4)42-31(40)35-11-12-36)8-9-21-27(45-33)22-15-24(18(3)28(37)32(21,22)33)43-29(38)23-7-6-10-34-23/h6-10,13,16,18-22,24-28,34,36-37H,11-12,14-15H2,1-5H3,(H,35,40)/b17-13+/t16-,18+,19-,20?,21+,22?,24+,25+,26+,27-,28-,32-,33+/m1/s1. The number of aliphatic hydroxyl groups is 2. The number of ether oxygens (including phenoxy) is 5. The first kappa shape index (κ1) is 31.8. The molecule has 12 heteroatoms. The maximum absolute atomic E-state index is 13.6. The molecular weight excluding hydrogens is 584 g/mol. The van der Waals surface area contributed by atoms with E-state index in [-0.39, 0.29) is 49.3 Å². The molecule has 2 saturated carbocycles. The van der Waals surface area contributed by atoms with E-state index in [4.69, 9.17) is 28.8 Å². The molecule has 0 radical (unpaired) electrons. The van der Waals surface area contributed by atoms with Crippen molar-refractivity contribution < 1.29 is 48.3 Å². The summed E-state index contributed by atoms with van der Waals surface area (Å²) in [5.41, 5.74) is -0.378. The number of hydrogen-bond donors (Lipinski definition) is 4. The molecule has 1 aromatic rings. The Balaban J connectivity index is 1.35. The van der Waals surface area contributed by atoms with E-state index < -0.39 is 65.5 Å². The molecule has 4 fully saturated rings. The minimum Gasteiger partial charge on any atom is -0.457 e. The summed E-state index contributed by atoms with van der Waals surface area (Å²) in [6.45, 7) is 7.27. The second kappa shape index (κ2) is 11.9. The fourth-order valence-electron chi connectivity index (χ4n) is 9.25. The number of aliphatic hydroxyl groups excluding tert-OH is 2. The maximum Gasteiger partial charge on any atom is 0.407 e. The van der Waals surface area contributed by atoms with Crippen molar-refractivity contribution in [2.45, 2.75) is 82.8 Å². The molecule has 3 aliphatic heterocycles. The highest BCUT2D eigenvalue weighted by atomic mass is 16.6. The average molecular weight is 629 g/mol. The molecule has 7 rings (SSSR count). The van der Waals surface area contributed by atoms with Crippen LogP contribution in [0.4, 0.5) is 4.79 Å². The zero-order chi connectivity index (χ0) is 32.3. The van der Waals surface area contributed by atoms with Gasteiger partial charge in [-0.3, -0.25) is 0 Å². The fraction of sp³-hybridized carbons (Fsp3) is 0.667. The molecule has 1 amide bonds. The molecule has 6 aliphatic rings. The number of aromatic nitrogens is 1. The van der Waals surface area contributed by atoms with Crippen LogP contribution in [-0.2, 0) is 28.5 Å². The van der Waals surface area contributed by atoms with Gasteiger partial charge in [-0.25, -0.2) is 14.4 Å². The van der Waals surface area contributed by atoms with Gasteiger partial charge in [0.05, 0.1) is 18.8 Å². The average Bonchev–Trinajstić information content (AvgIpc) is 3.70. The van der Waals surface area contributed by atoms with E-state index in [9.17, 15) is 19.5 Å². The monoisotopic (exact) mass is 628 g/mol. The van der Waals surface area contributed by atoms with Crippen LogP contribution in [0.2, 0.25) is 0 Å². The predicted octanol–water partition coefficient (Wildman–Crippen LogP) is 2.52. The third-order valence-electron chi connectivity index (χ3n) is 11.1. The van der Waals surface area contributed by atoms with Crippen molar-refractivity contribution in [2.24, 2.45) is 35.0 Å². The highest BCUT2D eigenvalue weighted by molar-refractivity contribution is 5.87. The Hall–Kier alpha value is -3.19. The minimum absolute atomic E-state index is 0.0312. The van der Waals surface area contributed by atoms with Gasteiger partial charge in [0.15, 0.2) is 6.10 Å². The second-order valence-electron chi connectivity index (χ2n) is 13.3. The summed E-state index contributed by atoms with van der Waals surface area (Å²) < 4.78 is 30.2. The van der Waals surface area contributed by atoms with Crippen LogP contribution >= 0.6 is 0 Å². The number of esters is 2. The molecule has 2 unspecified atom stereocenters. The van der Waals surface area contributed by atoms with Crippen LogP contribution in [-0.4, -0.2) is 95.7 Å². The van der Waals surface area contributed by atoms with Crippen LogP contribution in [0.5, 0.6) is 0 Å². The lowest BCUT2D eigenvalue weighted by molar-refractivity contribution is -0.210. The number of amides is 1. The summed E-state index contributed by atoms with van der Waals surface area (Å²) in [6.07, 6.45) is 3.82. The lowest BCUT2D eigenvalue weighted by atomic mass is 9.36. The molecule has 2 saturated heterocycles. The normalized spacial score (nSPS) is 43.4. The molecule has 4 bridgehead atoms. The number of alkyl carbamates (subject to hydrolysis) is 1. The van der Waals surface area contributed by atoms with Crippen LogP contribution in [0.3, 0.4) is 0 Å². The topological polar surface area (TPSA) is 166 Å². The lowest BCUT2D eigenvalue weighted by Crippen LogP contribution is -2.73. The summed E-state index contributed by atoms with van der Waals surface area (Å²) in [7, 11) is 1.46. The van der Waals surface area contributed by atoms with Crippen LogP contribution in [0, 0.1) is 35.0 Å². The van der Waals surface area contributed by atoms with Gasteiger partial charge in [0.25, 0.3) is 0 Å². The number of H-pyrrole nitrogens is 1. The first-order chi connectivity index (χ1) is 21.5. The smallest absolute Gasteiger partial charge is 0.407 e. The summed E-state index contributed by atoms with van der Waals surface area (Å²) >= 11 is 0. The van der Waals surface area contributed by atoms with Crippen molar-refractivity contribution in [1.29, 1.82) is 0 Å². The molecule has 45 heavy (non-hydrogen) atoms. The van der Waals surface area contributed by atoms with Gasteiger partial charge in [-0.1, -0.05) is 32.1 Å². The molecule has 0 aromatic carbocycles. The van der Waals surface area contributed by atoms with Crippen LogP contribution in [0.25, 0.3) is 0 Å². The Bertz CT molecular complexity index is 1360. The number of carbonyl (C=O) groups excluding carboxylic acids is 3. The zero-order valence-corrected chi connectivity index (χ0v) is 26.3. The first-order valence-corrected chi connectivity index (χ1v) is 15.9. The van der Waals surface area contributed by atoms with Crippen LogP contribution in [0.15, 0.2) is 42.1 Å². The molecule has 13 atom stereocenters. The highest BCUT2D eigenvalue weighted by Crippen LogP contribution is 2.78. The fourth-order valence-corrected chi connectivity index (χ4v) is 9.25. The third kappa shape index (κ3) is 4.66. The van der Waals surface area contributed by atoms with Gasteiger partial charge < -0.3 is 44.2 Å². The van der Waals surface area contributed by atoms with Gasteiger partial charge in [-0.15, -0.1) is 0 Å². The van der Waals surface area contributed by atoms with Crippen LogP contribution in [0.1, 0.15) is 51.0 Å². The van der Waals surface area contributed by atoms with Gasteiger partial charge in [0.2, 0.25) is 0 Å². The van der Waals surface area contributed by atoms with Crippen molar-refractivity contribution >= 4 is 18.0 Å². The Labute approximate surface area is 262 Å². The second-order valence-corrected chi connectivity index (χ2v) is 13.3. The third-order valence-corrected chi connectivity index (χ3v) is 11.1. The summed E-state index contributed by atoms with van der Waals surface area (Å²) in [5.74, 6) is -2.25. The Morgan fingerprint density at radius 1 is 1.24 bits per heavy atom. The van der Waals surface area contributed by atoms with Crippen molar-refractivity contribution in [2.75, 3.05) is 20.3 Å². The molecular formula is C33H44N2O10. The van der Waals surface area contributed by atoms with Crippen LogP contribution < -0.4 is 5.32 Å². The van der Waals surface area contributed by atoms with E-state index >= 15 is 0 Å². The molecule has 3 aliphatic carbocycles. The van der Waals surface area contributed by atoms with E-state index in [1.54, 1.807) is 25.3 Å². The largest absolute Gasteiger partial charge is 0.457 e. The minimum atomic E-state index is -0.945. The van der Waals surface area contributed by atoms with Gasteiger partial charge in [-0.05, 0) is 44.4 Å². The number of nitrogens with one attached hydrogen (secondary N) is 2. The number of hydrogen-bond acceptors (Lipinski definition) is 10. The molecule has 12 nitrogen and oxygen atoms in total. The van der Waals surface area contributed by atoms with E-state index in [1.165, 1.54) is 7.11 Å². The van der Waals surface area contributed by atoms with E-state index in [0.29, 0.717) is 12.1 Å². The van der Waals surface area contributed by atoms with Gasteiger partial charge in [-0.2, -0.15) is 0 Å². The van der Waals surface area contributed by atoms with Gasteiger partial charge in [0, 0.05) is 54.9 Å². The summed E-state index contributed by atoms with van der Waals surface area (Å²) in [6, 6.07) is 3.40. The highest BCUT2D eigenvalue weighted by Gasteiger charge is 2.85. The first-order valence-electron chi connectivity index (χ1n) is 15.9. The Morgan fingerprint density at radius 3 is 2.71 bits per heavy atom. The lowest BCUT2D eigenvalue weighted by Gasteiger charge is -2.65. The number of carbonyl (C=O) groups is 3. The Morgan fingerprint density at radius 2 is 2.02 bits per heavy atom. The van der Waals surface area contributed by atoms with E-state index in [2.05, 4.69) is 22.5 Å². The number of rotatable bonds is 7. The number of methoxy groups -OCH3 is 1. The SMILES string of the molecule is CO[C@H]1CC2C=C[C@H]3[C@H]4O[C@]2(/C(C)=C/[C@@H](C)[C@@H]([C@@H](C)OC(=O)NCCO)OC1=O)[C@@]31C4C[C@H](OC(=O)c2ccc[nH]2)[C@H](C)[C@H]1O. The van der Waals surface area contributed by atoms with Crippen molar-refractivity contribution in [1.82, 2.24) is 10.3 Å². The van der Waals surface area contributed by atoms with E-state index in [1.807, 2.05) is 26.8 Å². The van der Waals surface area contributed by atoms with Crippen molar-refractivity contribution in [3.8, 4) is 0 Å². The van der Waals surface area contributed by atoms with Crippen molar-refractivity contribution in [3.05, 3.63) is 47.8 Å². The quantitative estimate of drug-likeness (QED) is 0.200. The van der Waals surface area contributed by atoms with Crippen molar-refractivity contribution in [3.63, 3.8) is 0 Å². The Kier molecular flexibility index (Phi) is 8.38. The molecule has 246 valence electrons. The summed E-state index contributed by atoms with van der Waals surface area (Å²) in [5, 5.41) is 23.8. The molecule has 4 heterocycles. The maximum atomic E-state index is 13.6. The number of aromatic amines is 1. The van der Waals surface area contributed by atoms with Gasteiger partial charge >= 0.3 is 18.0 Å². The van der Waals surface area contributed by atoms with Gasteiger partial charge in [0.1, 0.15) is 29.6 Å². The molecule has 2 spiro atoms. The molecule has 4 N–H and O–H groups in total. The summed E-state index contributed by atoms with van der Waals surface area (Å²) in [4.78, 5) is 41.6. The van der Waals surface area contributed by atoms with E-state index in [0.717, 1.165) is 5.57 Å². The number of cyclic esters (lactones) is 1. The predicted molar refractivity (Wildman–Crippen MR) is 159 cm³/mol. The molecule has 1 aromatic heterocycles.